The van der Waals surface area contributed by atoms with Crippen molar-refractivity contribution in [1.29, 1.82) is 0 Å². The Morgan fingerprint density at radius 2 is 1.64 bits per heavy atom. The van der Waals surface area contributed by atoms with Crippen LogP contribution in [0.5, 0.6) is 0 Å². The molecular weight excluding hydrogens is 322 g/mol. The maximum Gasteiger partial charge on any atom is 0.344 e. The van der Waals surface area contributed by atoms with E-state index in [4.69, 9.17) is 9.47 Å². The molecule has 136 valence electrons. The number of hydrogen-bond donors (Lipinski definition) is 0. The van der Waals surface area contributed by atoms with Gasteiger partial charge in [0.1, 0.15) is 0 Å². The first kappa shape index (κ1) is 19.0. The second-order valence-corrected chi connectivity index (χ2v) is 5.98. The smallest absolute Gasteiger partial charge is 0.344 e. The highest BCUT2D eigenvalue weighted by atomic mass is 16.6. The molecule has 0 aliphatic carbocycles. The fourth-order valence-electron chi connectivity index (χ4n) is 3.42. The standard InChI is InChI=1S/C19H25NO5/c1-4-15-12-16(21)20(13-14-10-8-7-9-11-14)19(15,17(22)24-5-2)18(23)25-6-3/h7-11,15H,4-6,12-13H2,1-3H3. The first-order valence-electron chi connectivity index (χ1n) is 8.71. The van der Waals surface area contributed by atoms with Gasteiger partial charge in [0.15, 0.2) is 0 Å². The number of rotatable bonds is 7. The molecule has 1 unspecified atom stereocenters. The highest BCUT2D eigenvalue weighted by Gasteiger charge is 2.64. The van der Waals surface area contributed by atoms with Crippen LogP contribution in [0.3, 0.4) is 0 Å². The Morgan fingerprint density at radius 1 is 1.08 bits per heavy atom. The van der Waals surface area contributed by atoms with E-state index in [1.807, 2.05) is 37.3 Å². The molecule has 1 heterocycles. The fourth-order valence-corrected chi connectivity index (χ4v) is 3.42. The number of esters is 2. The second kappa shape index (κ2) is 8.14. The van der Waals surface area contributed by atoms with Crippen molar-refractivity contribution in [2.45, 2.75) is 45.7 Å². The lowest BCUT2D eigenvalue weighted by atomic mass is 9.82. The minimum absolute atomic E-state index is 0.126. The molecule has 1 aromatic rings. The third-order valence-corrected chi connectivity index (χ3v) is 4.59. The number of carbonyl (C=O) groups excluding carboxylic acids is 3. The molecule has 0 radical (unpaired) electrons. The Hall–Kier alpha value is -2.37. The summed E-state index contributed by atoms with van der Waals surface area (Å²) in [6, 6.07) is 9.28. The molecule has 0 bridgehead atoms. The van der Waals surface area contributed by atoms with Gasteiger partial charge in [-0.2, -0.15) is 0 Å². The van der Waals surface area contributed by atoms with Crippen LogP contribution in [-0.2, 0) is 30.4 Å². The minimum atomic E-state index is -1.71. The summed E-state index contributed by atoms with van der Waals surface area (Å²) in [6.07, 6.45) is 0.621. The summed E-state index contributed by atoms with van der Waals surface area (Å²) in [5, 5.41) is 0. The molecule has 0 aromatic heterocycles. The van der Waals surface area contributed by atoms with Crippen LogP contribution in [0.15, 0.2) is 30.3 Å². The van der Waals surface area contributed by atoms with Crippen molar-refractivity contribution < 1.29 is 23.9 Å². The van der Waals surface area contributed by atoms with Crippen LogP contribution in [0.2, 0.25) is 0 Å². The number of likely N-dealkylation sites (tertiary alicyclic amines) is 1. The Morgan fingerprint density at radius 3 is 2.12 bits per heavy atom. The van der Waals surface area contributed by atoms with Gasteiger partial charge in [0.25, 0.3) is 0 Å². The Labute approximate surface area is 148 Å². The van der Waals surface area contributed by atoms with Crippen molar-refractivity contribution in [2.75, 3.05) is 13.2 Å². The van der Waals surface area contributed by atoms with Gasteiger partial charge in [-0.05, 0) is 25.8 Å². The van der Waals surface area contributed by atoms with Crippen LogP contribution in [-0.4, -0.2) is 41.5 Å². The Kier molecular flexibility index (Phi) is 6.17. The van der Waals surface area contributed by atoms with Gasteiger partial charge >= 0.3 is 11.9 Å². The maximum atomic E-state index is 12.9. The molecule has 25 heavy (non-hydrogen) atoms. The lowest BCUT2D eigenvalue weighted by Gasteiger charge is -2.37. The van der Waals surface area contributed by atoms with Crippen molar-refractivity contribution in [3.8, 4) is 0 Å². The molecule has 6 nitrogen and oxygen atoms in total. The summed E-state index contributed by atoms with van der Waals surface area (Å²) in [7, 11) is 0. The van der Waals surface area contributed by atoms with E-state index < -0.39 is 23.4 Å². The number of nitrogens with zero attached hydrogens (tertiary/aromatic N) is 1. The summed E-state index contributed by atoms with van der Waals surface area (Å²) >= 11 is 0. The van der Waals surface area contributed by atoms with Gasteiger partial charge in [0, 0.05) is 18.9 Å². The summed E-state index contributed by atoms with van der Waals surface area (Å²) in [4.78, 5) is 39.8. The molecule has 2 rings (SSSR count). The molecule has 0 N–H and O–H groups in total. The van der Waals surface area contributed by atoms with Crippen LogP contribution >= 0.6 is 0 Å². The van der Waals surface area contributed by atoms with Crippen molar-refractivity contribution >= 4 is 17.8 Å². The third-order valence-electron chi connectivity index (χ3n) is 4.59. The van der Waals surface area contributed by atoms with Crippen molar-refractivity contribution in [1.82, 2.24) is 4.90 Å². The molecule has 1 aromatic carbocycles. The summed E-state index contributed by atoms with van der Waals surface area (Å²) in [5.41, 5.74) is -0.876. The molecule has 1 saturated heterocycles. The molecule has 0 spiro atoms. The van der Waals surface area contributed by atoms with Crippen LogP contribution in [0, 0.1) is 5.92 Å². The summed E-state index contributed by atoms with van der Waals surface area (Å²) in [5.74, 6) is -2.12. The van der Waals surface area contributed by atoms with Crippen LogP contribution in [0.1, 0.15) is 39.2 Å². The zero-order valence-corrected chi connectivity index (χ0v) is 15.0. The third kappa shape index (κ3) is 3.38. The van der Waals surface area contributed by atoms with E-state index in [0.29, 0.717) is 6.42 Å². The van der Waals surface area contributed by atoms with Crippen molar-refractivity contribution in [3.05, 3.63) is 35.9 Å². The summed E-state index contributed by atoms with van der Waals surface area (Å²) < 4.78 is 10.4. The minimum Gasteiger partial charge on any atom is -0.464 e. The van der Waals surface area contributed by atoms with E-state index in [1.54, 1.807) is 13.8 Å². The number of carbonyl (C=O) groups is 3. The zero-order chi connectivity index (χ0) is 18.4. The molecule has 1 aliphatic rings. The molecule has 1 aliphatic heterocycles. The summed E-state index contributed by atoms with van der Waals surface area (Å²) in [6.45, 7) is 5.63. The maximum absolute atomic E-state index is 12.9. The van der Waals surface area contributed by atoms with Crippen LogP contribution in [0.4, 0.5) is 0 Å². The van der Waals surface area contributed by atoms with E-state index in [9.17, 15) is 14.4 Å². The van der Waals surface area contributed by atoms with Gasteiger partial charge < -0.3 is 14.4 Å². The quantitative estimate of drug-likeness (QED) is 0.559. The lowest BCUT2D eigenvalue weighted by Crippen LogP contribution is -2.61. The monoisotopic (exact) mass is 347 g/mol. The topological polar surface area (TPSA) is 72.9 Å². The average molecular weight is 347 g/mol. The van der Waals surface area contributed by atoms with E-state index in [-0.39, 0.29) is 32.1 Å². The fraction of sp³-hybridized carbons (Fsp3) is 0.526. The number of amides is 1. The predicted octanol–water partition coefficient (Wildman–Crippen LogP) is 2.31. The molecule has 1 fully saturated rings. The van der Waals surface area contributed by atoms with Crippen LogP contribution < -0.4 is 0 Å². The molecule has 1 amide bonds. The largest absolute Gasteiger partial charge is 0.464 e. The molecule has 0 saturated carbocycles. The van der Waals surface area contributed by atoms with Gasteiger partial charge in [-0.25, -0.2) is 9.59 Å². The SMILES string of the molecule is CCOC(=O)C1(C(=O)OCC)C(CC)CC(=O)N1Cc1ccccc1. The van der Waals surface area contributed by atoms with Crippen molar-refractivity contribution in [3.63, 3.8) is 0 Å². The number of benzene rings is 1. The highest BCUT2D eigenvalue weighted by molar-refractivity contribution is 6.10. The van der Waals surface area contributed by atoms with Crippen molar-refractivity contribution in [2.24, 2.45) is 5.92 Å². The Balaban J connectivity index is 2.52. The van der Waals surface area contributed by atoms with Gasteiger partial charge in [-0.1, -0.05) is 37.3 Å². The Bertz CT molecular complexity index is 610. The van der Waals surface area contributed by atoms with Gasteiger partial charge in [0.2, 0.25) is 11.4 Å². The van der Waals surface area contributed by atoms with Crippen LogP contribution in [0.25, 0.3) is 0 Å². The molecule has 1 atom stereocenters. The molecule has 6 heteroatoms. The lowest BCUT2D eigenvalue weighted by molar-refractivity contribution is -0.178. The van der Waals surface area contributed by atoms with E-state index in [2.05, 4.69) is 0 Å². The zero-order valence-electron chi connectivity index (χ0n) is 15.0. The normalized spacial score (nSPS) is 18.9. The molecular formula is C19H25NO5. The first-order valence-corrected chi connectivity index (χ1v) is 8.71. The van der Waals surface area contributed by atoms with Gasteiger partial charge in [-0.3, -0.25) is 4.79 Å². The van der Waals surface area contributed by atoms with E-state index >= 15 is 0 Å². The number of hydrogen-bond acceptors (Lipinski definition) is 5. The van der Waals surface area contributed by atoms with E-state index in [0.717, 1.165) is 5.56 Å². The van der Waals surface area contributed by atoms with Gasteiger partial charge in [0.05, 0.1) is 13.2 Å². The first-order chi connectivity index (χ1) is 12.0. The van der Waals surface area contributed by atoms with E-state index in [1.165, 1.54) is 4.90 Å². The predicted molar refractivity (Wildman–Crippen MR) is 91.4 cm³/mol. The highest BCUT2D eigenvalue weighted by Crippen LogP contribution is 2.41. The van der Waals surface area contributed by atoms with Gasteiger partial charge in [-0.15, -0.1) is 0 Å². The average Bonchev–Trinajstić information content (AvgIpc) is 2.89. The number of ether oxygens (including phenoxy) is 2. The second-order valence-electron chi connectivity index (χ2n) is 5.98.